The smallest absolute Gasteiger partial charge is 0.257 e. The fourth-order valence-electron chi connectivity index (χ4n) is 1.46. The van der Waals surface area contributed by atoms with Crippen LogP contribution in [0.15, 0.2) is 36.4 Å². The second kappa shape index (κ2) is 5.55. The van der Waals surface area contributed by atoms with Crippen LogP contribution in [-0.4, -0.2) is 5.91 Å². The molecule has 6 heteroatoms. The summed E-state index contributed by atoms with van der Waals surface area (Å²) in [5, 5.41) is 2.25. The molecule has 0 spiro atoms. The van der Waals surface area contributed by atoms with Crippen LogP contribution >= 0.6 is 23.2 Å². The summed E-state index contributed by atoms with van der Waals surface area (Å²) in [4.78, 5) is 11.9. The summed E-state index contributed by atoms with van der Waals surface area (Å²) in [5.74, 6) is -1.90. The Labute approximate surface area is 118 Å². The van der Waals surface area contributed by atoms with E-state index in [4.69, 9.17) is 23.2 Å². The third-order valence-corrected chi connectivity index (χ3v) is 2.94. The van der Waals surface area contributed by atoms with Crippen LogP contribution in [0.3, 0.4) is 0 Å². The zero-order chi connectivity index (χ0) is 14.0. The summed E-state index contributed by atoms with van der Waals surface area (Å²) in [6.07, 6.45) is 0. The Balaban J connectivity index is 2.28. The van der Waals surface area contributed by atoms with Crippen molar-refractivity contribution in [3.63, 3.8) is 0 Å². The largest absolute Gasteiger partial charge is 0.322 e. The number of benzene rings is 2. The Kier molecular flexibility index (Phi) is 4.02. The number of carbonyl (C=O) groups is 1. The Hall–Kier alpha value is -1.65. The number of hydrogen-bond acceptors (Lipinski definition) is 1. The molecule has 0 unspecified atom stereocenters. The Morgan fingerprint density at radius 1 is 1.05 bits per heavy atom. The van der Waals surface area contributed by atoms with Crippen molar-refractivity contribution in [2.24, 2.45) is 0 Å². The molecule has 2 aromatic rings. The van der Waals surface area contributed by atoms with Gasteiger partial charge in [0, 0.05) is 5.69 Å². The molecule has 2 nitrogen and oxygen atoms in total. The van der Waals surface area contributed by atoms with Gasteiger partial charge in [0.1, 0.15) is 11.6 Å². The van der Waals surface area contributed by atoms with Gasteiger partial charge in [-0.1, -0.05) is 29.3 Å². The van der Waals surface area contributed by atoms with E-state index in [2.05, 4.69) is 5.32 Å². The van der Waals surface area contributed by atoms with Crippen molar-refractivity contribution in [3.05, 3.63) is 63.6 Å². The summed E-state index contributed by atoms with van der Waals surface area (Å²) < 4.78 is 26.3. The fourth-order valence-corrected chi connectivity index (χ4v) is 1.93. The quantitative estimate of drug-likeness (QED) is 0.812. The molecule has 0 fully saturated rings. The van der Waals surface area contributed by atoms with Gasteiger partial charge in [0.05, 0.1) is 15.6 Å². The van der Waals surface area contributed by atoms with Crippen LogP contribution in [0.1, 0.15) is 10.4 Å². The molecule has 0 heterocycles. The molecule has 1 amide bonds. The van der Waals surface area contributed by atoms with E-state index in [1.807, 2.05) is 0 Å². The van der Waals surface area contributed by atoms with Gasteiger partial charge in [-0.3, -0.25) is 4.79 Å². The van der Waals surface area contributed by atoms with Gasteiger partial charge >= 0.3 is 0 Å². The van der Waals surface area contributed by atoms with Crippen molar-refractivity contribution < 1.29 is 13.6 Å². The van der Waals surface area contributed by atoms with Gasteiger partial charge in [0.15, 0.2) is 0 Å². The number of carbonyl (C=O) groups excluding carboxylic acids is 1. The average Bonchev–Trinajstić information content (AvgIpc) is 2.33. The van der Waals surface area contributed by atoms with Crippen molar-refractivity contribution in [1.82, 2.24) is 0 Å². The standard InChI is InChI=1S/C13H7Cl2F2NO/c14-10-6-11(15)12(17)5-9(10)13(19)18-8-3-1-2-7(16)4-8/h1-6H,(H,18,19). The maximum atomic E-state index is 13.3. The fraction of sp³-hybridized carbons (Fsp3) is 0. The zero-order valence-corrected chi connectivity index (χ0v) is 10.9. The van der Waals surface area contributed by atoms with Gasteiger partial charge in [-0.15, -0.1) is 0 Å². The van der Waals surface area contributed by atoms with Crippen LogP contribution in [0.25, 0.3) is 0 Å². The van der Waals surface area contributed by atoms with E-state index in [0.29, 0.717) is 0 Å². The molecule has 0 bridgehead atoms. The highest BCUT2D eigenvalue weighted by molar-refractivity contribution is 6.37. The molecule has 19 heavy (non-hydrogen) atoms. The third kappa shape index (κ3) is 3.22. The SMILES string of the molecule is O=C(Nc1cccc(F)c1)c1cc(F)c(Cl)cc1Cl. The van der Waals surface area contributed by atoms with Crippen LogP contribution in [0.2, 0.25) is 10.0 Å². The highest BCUT2D eigenvalue weighted by Gasteiger charge is 2.14. The minimum absolute atomic E-state index is 0.0142. The van der Waals surface area contributed by atoms with Gasteiger partial charge < -0.3 is 5.32 Å². The van der Waals surface area contributed by atoms with Crippen molar-refractivity contribution in [3.8, 4) is 0 Å². The third-order valence-electron chi connectivity index (χ3n) is 2.34. The van der Waals surface area contributed by atoms with E-state index in [0.717, 1.165) is 18.2 Å². The molecule has 1 N–H and O–H groups in total. The van der Waals surface area contributed by atoms with Crippen LogP contribution < -0.4 is 5.32 Å². The van der Waals surface area contributed by atoms with Gasteiger partial charge in [0.25, 0.3) is 5.91 Å². The predicted molar refractivity (Wildman–Crippen MR) is 70.8 cm³/mol. The first kappa shape index (κ1) is 13.8. The lowest BCUT2D eigenvalue weighted by atomic mass is 10.2. The molecular formula is C13H7Cl2F2NO. The van der Waals surface area contributed by atoms with Crippen molar-refractivity contribution in [2.45, 2.75) is 0 Å². The maximum absolute atomic E-state index is 13.3. The minimum Gasteiger partial charge on any atom is -0.322 e. The van der Waals surface area contributed by atoms with Crippen LogP contribution in [0, 0.1) is 11.6 Å². The molecule has 0 saturated carbocycles. The molecule has 2 aromatic carbocycles. The zero-order valence-electron chi connectivity index (χ0n) is 9.38. The van der Waals surface area contributed by atoms with Gasteiger partial charge in [0.2, 0.25) is 0 Å². The summed E-state index contributed by atoms with van der Waals surface area (Å²) in [5.41, 5.74) is 0.171. The number of nitrogens with one attached hydrogen (secondary N) is 1. The van der Waals surface area contributed by atoms with Crippen molar-refractivity contribution >= 4 is 34.8 Å². The molecule has 0 aliphatic heterocycles. The molecule has 0 aromatic heterocycles. The maximum Gasteiger partial charge on any atom is 0.257 e. The number of anilines is 1. The summed E-state index contributed by atoms with van der Waals surface area (Å²) in [6, 6.07) is 7.39. The molecule has 0 saturated heterocycles. The monoisotopic (exact) mass is 301 g/mol. The number of halogens is 4. The van der Waals surface area contributed by atoms with E-state index >= 15 is 0 Å². The van der Waals surface area contributed by atoms with E-state index in [1.54, 1.807) is 0 Å². The molecule has 0 aliphatic carbocycles. The van der Waals surface area contributed by atoms with Gasteiger partial charge in [-0.25, -0.2) is 8.78 Å². The van der Waals surface area contributed by atoms with Crippen molar-refractivity contribution in [2.75, 3.05) is 5.32 Å². The van der Waals surface area contributed by atoms with Crippen LogP contribution in [-0.2, 0) is 0 Å². The topological polar surface area (TPSA) is 29.1 Å². The highest BCUT2D eigenvalue weighted by atomic mass is 35.5. The molecular weight excluding hydrogens is 295 g/mol. The Morgan fingerprint density at radius 2 is 1.79 bits per heavy atom. The average molecular weight is 302 g/mol. The van der Waals surface area contributed by atoms with Crippen molar-refractivity contribution in [1.29, 1.82) is 0 Å². The highest BCUT2D eigenvalue weighted by Crippen LogP contribution is 2.25. The first-order valence-corrected chi connectivity index (χ1v) is 5.94. The first-order chi connectivity index (χ1) is 8.97. The van der Waals surface area contributed by atoms with E-state index in [1.165, 1.54) is 18.2 Å². The van der Waals surface area contributed by atoms with Crippen LogP contribution in [0.5, 0.6) is 0 Å². The number of hydrogen-bond donors (Lipinski definition) is 1. The second-order valence-electron chi connectivity index (χ2n) is 3.71. The lowest BCUT2D eigenvalue weighted by Crippen LogP contribution is -2.13. The minimum atomic E-state index is -0.754. The molecule has 2 rings (SSSR count). The second-order valence-corrected chi connectivity index (χ2v) is 4.53. The summed E-state index contributed by atoms with van der Waals surface area (Å²) >= 11 is 11.3. The van der Waals surface area contributed by atoms with E-state index in [9.17, 15) is 13.6 Å². The van der Waals surface area contributed by atoms with E-state index in [-0.39, 0.29) is 21.3 Å². The Bertz CT molecular complexity index is 647. The van der Waals surface area contributed by atoms with Gasteiger partial charge in [-0.05, 0) is 30.3 Å². The number of rotatable bonds is 2. The molecule has 98 valence electrons. The molecule has 0 aliphatic rings. The molecule has 0 atom stereocenters. The summed E-state index contributed by atoms with van der Waals surface area (Å²) in [7, 11) is 0. The lowest BCUT2D eigenvalue weighted by Gasteiger charge is -2.07. The van der Waals surface area contributed by atoms with Crippen LogP contribution in [0.4, 0.5) is 14.5 Å². The Morgan fingerprint density at radius 3 is 2.47 bits per heavy atom. The first-order valence-electron chi connectivity index (χ1n) is 5.19. The lowest BCUT2D eigenvalue weighted by molar-refractivity contribution is 0.102. The van der Waals surface area contributed by atoms with E-state index < -0.39 is 17.5 Å². The summed E-state index contributed by atoms with van der Waals surface area (Å²) in [6.45, 7) is 0. The number of amides is 1. The predicted octanol–water partition coefficient (Wildman–Crippen LogP) is 4.52. The molecule has 0 radical (unpaired) electrons. The normalized spacial score (nSPS) is 10.3. The van der Waals surface area contributed by atoms with Gasteiger partial charge in [-0.2, -0.15) is 0 Å².